The number of nitrogens with one attached hydrogen (secondary N) is 1. The third-order valence-corrected chi connectivity index (χ3v) is 5.10. The normalized spacial score (nSPS) is 12.5. The van der Waals surface area contributed by atoms with Crippen LogP contribution in [0.15, 0.2) is 34.8 Å². The molecule has 0 spiro atoms. The minimum atomic E-state index is -0.337. The fourth-order valence-electron chi connectivity index (χ4n) is 2.36. The number of benzene rings is 2. The fourth-order valence-corrected chi connectivity index (χ4v) is 2.83. The molecule has 5 heteroatoms. The van der Waals surface area contributed by atoms with E-state index in [4.69, 9.17) is 17.4 Å². The summed E-state index contributed by atoms with van der Waals surface area (Å²) in [7, 11) is 0. The molecule has 0 aliphatic carbocycles. The molecule has 0 amide bonds. The number of halogens is 3. The zero-order valence-electron chi connectivity index (χ0n) is 11.9. The van der Waals surface area contributed by atoms with Gasteiger partial charge in [-0.15, -0.1) is 0 Å². The lowest BCUT2D eigenvalue weighted by Crippen LogP contribution is -2.29. The van der Waals surface area contributed by atoms with Crippen molar-refractivity contribution in [2.24, 2.45) is 5.84 Å². The molecule has 2 aromatic carbocycles. The van der Waals surface area contributed by atoms with Crippen LogP contribution in [0.1, 0.15) is 28.3 Å². The number of rotatable bonds is 4. The summed E-state index contributed by atoms with van der Waals surface area (Å²) in [6.07, 6.45) is 0.593. The van der Waals surface area contributed by atoms with Gasteiger partial charge in [-0.3, -0.25) is 11.3 Å². The van der Waals surface area contributed by atoms with Crippen LogP contribution in [-0.2, 0) is 6.42 Å². The first-order chi connectivity index (χ1) is 9.92. The lowest BCUT2D eigenvalue weighted by Gasteiger charge is -2.19. The van der Waals surface area contributed by atoms with Gasteiger partial charge in [0, 0.05) is 9.50 Å². The molecule has 3 N–H and O–H groups in total. The first kappa shape index (κ1) is 16.4. The van der Waals surface area contributed by atoms with E-state index >= 15 is 0 Å². The summed E-state index contributed by atoms with van der Waals surface area (Å²) >= 11 is 9.65. The summed E-state index contributed by atoms with van der Waals surface area (Å²) in [6, 6.07) is 8.51. The van der Waals surface area contributed by atoms with Gasteiger partial charge >= 0.3 is 0 Å². The van der Waals surface area contributed by atoms with Crippen LogP contribution in [0, 0.1) is 19.7 Å². The maximum absolute atomic E-state index is 13.1. The Bertz CT molecular complexity index is 638. The van der Waals surface area contributed by atoms with Gasteiger partial charge in [0.1, 0.15) is 5.82 Å². The molecule has 2 aromatic rings. The van der Waals surface area contributed by atoms with Gasteiger partial charge in [0.25, 0.3) is 0 Å². The molecule has 1 atom stereocenters. The Balaban J connectivity index is 2.32. The number of hydrogen-bond donors (Lipinski definition) is 2. The highest BCUT2D eigenvalue weighted by Gasteiger charge is 2.15. The van der Waals surface area contributed by atoms with Crippen molar-refractivity contribution in [2.75, 3.05) is 0 Å². The summed E-state index contributed by atoms with van der Waals surface area (Å²) in [5.74, 6) is 5.36. The quantitative estimate of drug-likeness (QED) is 0.608. The molecule has 0 saturated carbocycles. The first-order valence-corrected chi connectivity index (χ1v) is 7.76. The lowest BCUT2D eigenvalue weighted by molar-refractivity contribution is 0.550. The number of nitrogens with two attached hydrogens (primary N) is 1. The van der Waals surface area contributed by atoms with Crippen LogP contribution >= 0.6 is 27.5 Å². The Morgan fingerprint density at radius 3 is 2.38 bits per heavy atom. The van der Waals surface area contributed by atoms with E-state index in [1.807, 2.05) is 13.8 Å². The molecule has 112 valence electrons. The second-order valence-electron chi connectivity index (χ2n) is 5.13. The van der Waals surface area contributed by atoms with Gasteiger partial charge in [-0.1, -0.05) is 45.7 Å². The molecule has 1 unspecified atom stereocenters. The van der Waals surface area contributed by atoms with Gasteiger partial charge in [-0.25, -0.2) is 4.39 Å². The molecule has 0 aliphatic heterocycles. The van der Waals surface area contributed by atoms with Crippen LogP contribution in [0.2, 0.25) is 5.02 Å². The highest BCUT2D eigenvalue weighted by Crippen LogP contribution is 2.28. The Labute approximate surface area is 137 Å². The van der Waals surface area contributed by atoms with Crippen molar-refractivity contribution in [3.8, 4) is 0 Å². The van der Waals surface area contributed by atoms with Crippen LogP contribution in [0.25, 0.3) is 0 Å². The van der Waals surface area contributed by atoms with E-state index in [1.54, 1.807) is 6.07 Å². The Hall–Kier alpha value is -0.940. The van der Waals surface area contributed by atoms with Gasteiger partial charge in [0.15, 0.2) is 0 Å². The summed E-state index contributed by atoms with van der Waals surface area (Å²) in [5.41, 5.74) is 7.05. The van der Waals surface area contributed by atoms with E-state index < -0.39 is 0 Å². The number of hydrazine groups is 1. The van der Waals surface area contributed by atoms with E-state index in [9.17, 15) is 4.39 Å². The lowest BCUT2D eigenvalue weighted by atomic mass is 9.96. The first-order valence-electron chi connectivity index (χ1n) is 6.59. The van der Waals surface area contributed by atoms with Crippen molar-refractivity contribution in [1.82, 2.24) is 5.43 Å². The molecule has 21 heavy (non-hydrogen) atoms. The zero-order chi connectivity index (χ0) is 15.6. The summed E-state index contributed by atoms with van der Waals surface area (Å²) in [6.45, 7) is 4.08. The highest BCUT2D eigenvalue weighted by atomic mass is 79.9. The van der Waals surface area contributed by atoms with Gasteiger partial charge < -0.3 is 0 Å². The van der Waals surface area contributed by atoms with E-state index in [0.29, 0.717) is 11.4 Å². The number of aryl methyl sites for hydroxylation is 2. The van der Waals surface area contributed by atoms with Crippen molar-refractivity contribution in [2.45, 2.75) is 26.3 Å². The Morgan fingerprint density at radius 1 is 1.24 bits per heavy atom. The second-order valence-corrected chi connectivity index (χ2v) is 6.33. The Morgan fingerprint density at radius 2 is 1.86 bits per heavy atom. The largest absolute Gasteiger partial charge is 0.271 e. The van der Waals surface area contributed by atoms with Crippen molar-refractivity contribution in [3.63, 3.8) is 0 Å². The fraction of sp³-hybridized carbons (Fsp3) is 0.250. The smallest absolute Gasteiger partial charge is 0.124 e. The molecule has 2 nitrogen and oxygen atoms in total. The average Bonchev–Trinajstić information content (AvgIpc) is 2.43. The van der Waals surface area contributed by atoms with Crippen molar-refractivity contribution < 1.29 is 4.39 Å². The maximum atomic E-state index is 13.1. The standard InChI is InChI=1S/C16H17BrClFN2/c1-9-5-12(6-10(2)16(9)17)15(21-20)7-11-3-4-13(19)8-14(11)18/h3-6,8,15,21H,7,20H2,1-2H3. The second kappa shape index (κ2) is 6.88. The summed E-state index contributed by atoms with van der Waals surface area (Å²) < 4.78 is 14.2. The average molecular weight is 372 g/mol. The molecular weight excluding hydrogens is 355 g/mol. The van der Waals surface area contributed by atoms with E-state index in [-0.39, 0.29) is 11.9 Å². The zero-order valence-corrected chi connectivity index (χ0v) is 14.2. The van der Waals surface area contributed by atoms with Crippen LogP contribution in [0.4, 0.5) is 4.39 Å². The minimum Gasteiger partial charge on any atom is -0.271 e. The number of hydrogen-bond acceptors (Lipinski definition) is 2. The molecule has 0 aliphatic rings. The molecule has 0 bridgehead atoms. The van der Waals surface area contributed by atoms with E-state index in [0.717, 1.165) is 26.7 Å². The molecular formula is C16H17BrClFN2. The molecule has 0 aromatic heterocycles. The molecule has 0 radical (unpaired) electrons. The minimum absolute atomic E-state index is 0.0848. The summed E-state index contributed by atoms with van der Waals surface area (Å²) in [5, 5.41) is 0.417. The van der Waals surface area contributed by atoms with E-state index in [1.165, 1.54) is 12.1 Å². The highest BCUT2D eigenvalue weighted by molar-refractivity contribution is 9.10. The van der Waals surface area contributed by atoms with Crippen LogP contribution in [-0.4, -0.2) is 0 Å². The topological polar surface area (TPSA) is 38.0 Å². The Kier molecular flexibility index (Phi) is 5.38. The molecule has 0 saturated heterocycles. The third kappa shape index (κ3) is 3.83. The van der Waals surface area contributed by atoms with Gasteiger partial charge in [0.05, 0.1) is 6.04 Å². The van der Waals surface area contributed by atoms with Crippen LogP contribution in [0.5, 0.6) is 0 Å². The predicted octanol–water partition coefficient (Wildman–Crippen LogP) is 4.61. The third-order valence-electron chi connectivity index (χ3n) is 3.50. The van der Waals surface area contributed by atoms with Crippen LogP contribution in [0.3, 0.4) is 0 Å². The SMILES string of the molecule is Cc1cc(C(Cc2ccc(F)cc2Cl)NN)cc(C)c1Br. The predicted molar refractivity (Wildman–Crippen MR) is 88.8 cm³/mol. The van der Waals surface area contributed by atoms with Crippen molar-refractivity contribution >= 4 is 27.5 Å². The van der Waals surface area contributed by atoms with Gasteiger partial charge in [-0.2, -0.15) is 0 Å². The van der Waals surface area contributed by atoms with Crippen LogP contribution < -0.4 is 11.3 Å². The van der Waals surface area contributed by atoms with Gasteiger partial charge in [-0.05, 0) is 54.7 Å². The van der Waals surface area contributed by atoms with Gasteiger partial charge in [0.2, 0.25) is 0 Å². The summed E-state index contributed by atoms with van der Waals surface area (Å²) in [4.78, 5) is 0. The molecule has 0 heterocycles. The van der Waals surface area contributed by atoms with E-state index in [2.05, 4.69) is 33.5 Å². The van der Waals surface area contributed by atoms with Crippen molar-refractivity contribution in [1.29, 1.82) is 0 Å². The van der Waals surface area contributed by atoms with Crippen molar-refractivity contribution in [3.05, 3.63) is 67.9 Å². The maximum Gasteiger partial charge on any atom is 0.124 e. The molecule has 2 rings (SSSR count). The molecule has 0 fully saturated rings. The monoisotopic (exact) mass is 370 g/mol.